The standard InChI is InChI=1S/C16H24O3S/c1-13(2)19-11-6-12-20(17,18)16-10-5-8-14-7-3-4-9-15(14)16/h3-4,7,9,13,16H,5-6,8,10-12H2,1-2H3/t16-/m1/s1. The van der Waals surface area contributed by atoms with Gasteiger partial charge < -0.3 is 4.74 Å². The Balaban J connectivity index is 2.03. The fraction of sp³-hybridized carbons (Fsp3) is 0.625. The minimum absolute atomic E-state index is 0.160. The Hall–Kier alpha value is -0.870. The van der Waals surface area contributed by atoms with Crippen molar-refractivity contribution in [3.8, 4) is 0 Å². The quantitative estimate of drug-likeness (QED) is 0.757. The van der Waals surface area contributed by atoms with Crippen molar-refractivity contribution in [1.29, 1.82) is 0 Å². The van der Waals surface area contributed by atoms with Crippen LogP contribution in [0.1, 0.15) is 49.5 Å². The van der Waals surface area contributed by atoms with Gasteiger partial charge in [-0.2, -0.15) is 0 Å². The summed E-state index contributed by atoms with van der Waals surface area (Å²) in [7, 11) is -3.07. The zero-order valence-corrected chi connectivity index (χ0v) is 13.2. The van der Waals surface area contributed by atoms with Crippen LogP contribution in [0.15, 0.2) is 24.3 Å². The van der Waals surface area contributed by atoms with Crippen molar-refractivity contribution in [1.82, 2.24) is 0 Å². The summed E-state index contributed by atoms with van der Waals surface area (Å²) in [6.45, 7) is 4.45. The number of sulfone groups is 1. The van der Waals surface area contributed by atoms with Crippen molar-refractivity contribution >= 4 is 9.84 Å². The van der Waals surface area contributed by atoms with E-state index < -0.39 is 9.84 Å². The highest BCUT2D eigenvalue weighted by molar-refractivity contribution is 7.91. The number of ether oxygens (including phenoxy) is 1. The van der Waals surface area contributed by atoms with Gasteiger partial charge in [0.25, 0.3) is 0 Å². The molecule has 1 atom stereocenters. The summed E-state index contributed by atoms with van der Waals surface area (Å²) in [5.41, 5.74) is 2.22. The summed E-state index contributed by atoms with van der Waals surface area (Å²) in [6.07, 6.45) is 3.46. The summed E-state index contributed by atoms with van der Waals surface area (Å²) in [5, 5.41) is -0.313. The second kappa shape index (κ2) is 6.72. The molecule has 0 fully saturated rings. The van der Waals surface area contributed by atoms with Crippen LogP contribution in [-0.4, -0.2) is 26.9 Å². The molecule has 1 aromatic rings. The van der Waals surface area contributed by atoms with E-state index in [-0.39, 0.29) is 17.1 Å². The molecular weight excluding hydrogens is 272 g/mol. The van der Waals surface area contributed by atoms with Crippen LogP contribution < -0.4 is 0 Å². The van der Waals surface area contributed by atoms with Gasteiger partial charge >= 0.3 is 0 Å². The molecule has 1 aliphatic rings. The summed E-state index contributed by atoms with van der Waals surface area (Å²) in [6, 6.07) is 7.96. The maximum atomic E-state index is 12.5. The van der Waals surface area contributed by atoms with Crippen LogP contribution in [0.5, 0.6) is 0 Å². The molecule has 0 amide bonds. The lowest BCUT2D eigenvalue weighted by Gasteiger charge is -2.25. The van der Waals surface area contributed by atoms with Gasteiger partial charge in [-0.25, -0.2) is 8.42 Å². The van der Waals surface area contributed by atoms with Crippen molar-refractivity contribution in [2.45, 2.75) is 50.9 Å². The van der Waals surface area contributed by atoms with E-state index in [1.165, 1.54) is 5.56 Å². The maximum absolute atomic E-state index is 12.5. The molecule has 4 heteroatoms. The Morgan fingerprint density at radius 3 is 2.80 bits per heavy atom. The Morgan fingerprint density at radius 1 is 1.30 bits per heavy atom. The van der Waals surface area contributed by atoms with Crippen LogP contribution in [-0.2, 0) is 21.0 Å². The Morgan fingerprint density at radius 2 is 2.05 bits per heavy atom. The molecule has 0 saturated carbocycles. The van der Waals surface area contributed by atoms with E-state index in [0.29, 0.717) is 13.0 Å². The smallest absolute Gasteiger partial charge is 0.157 e. The Kier molecular flexibility index (Phi) is 5.22. The molecule has 0 N–H and O–H groups in total. The molecular formula is C16H24O3S. The molecule has 2 rings (SSSR count). The number of benzene rings is 1. The highest BCUT2D eigenvalue weighted by atomic mass is 32.2. The minimum atomic E-state index is -3.07. The van der Waals surface area contributed by atoms with Crippen LogP contribution >= 0.6 is 0 Å². The van der Waals surface area contributed by atoms with Crippen LogP contribution in [0.4, 0.5) is 0 Å². The molecule has 0 radical (unpaired) electrons. The van der Waals surface area contributed by atoms with Crippen LogP contribution in [0.25, 0.3) is 0 Å². The maximum Gasteiger partial charge on any atom is 0.157 e. The van der Waals surface area contributed by atoms with Gasteiger partial charge in [0.2, 0.25) is 0 Å². The van der Waals surface area contributed by atoms with Crippen molar-refractivity contribution in [2.75, 3.05) is 12.4 Å². The van der Waals surface area contributed by atoms with E-state index in [4.69, 9.17) is 4.74 Å². The molecule has 1 aromatic carbocycles. The highest BCUT2D eigenvalue weighted by Crippen LogP contribution is 2.36. The van der Waals surface area contributed by atoms with Gasteiger partial charge in [-0.05, 0) is 50.7 Å². The first-order valence-corrected chi connectivity index (χ1v) is 9.13. The van der Waals surface area contributed by atoms with Crippen molar-refractivity contribution in [3.63, 3.8) is 0 Å². The Bertz CT molecular complexity index is 534. The number of rotatable bonds is 6. The number of aryl methyl sites for hydroxylation is 1. The molecule has 0 aromatic heterocycles. The number of fused-ring (bicyclic) bond motifs is 1. The molecule has 0 unspecified atom stereocenters. The van der Waals surface area contributed by atoms with Gasteiger partial charge in [-0.3, -0.25) is 0 Å². The molecule has 20 heavy (non-hydrogen) atoms. The van der Waals surface area contributed by atoms with E-state index in [0.717, 1.165) is 24.8 Å². The summed E-state index contributed by atoms with van der Waals surface area (Å²) < 4.78 is 30.5. The predicted molar refractivity (Wildman–Crippen MR) is 81.6 cm³/mol. The van der Waals surface area contributed by atoms with E-state index in [9.17, 15) is 8.42 Å². The topological polar surface area (TPSA) is 43.4 Å². The van der Waals surface area contributed by atoms with E-state index in [1.807, 2.05) is 32.0 Å². The molecule has 1 aliphatic carbocycles. The van der Waals surface area contributed by atoms with Gasteiger partial charge in [0, 0.05) is 6.61 Å². The second-order valence-corrected chi connectivity index (χ2v) is 8.02. The predicted octanol–water partition coefficient (Wildman–Crippen LogP) is 3.29. The zero-order chi connectivity index (χ0) is 14.6. The third-order valence-corrected chi connectivity index (χ3v) is 5.99. The number of hydrogen-bond donors (Lipinski definition) is 0. The van der Waals surface area contributed by atoms with Crippen LogP contribution in [0, 0.1) is 0 Å². The van der Waals surface area contributed by atoms with Crippen molar-refractivity contribution < 1.29 is 13.2 Å². The minimum Gasteiger partial charge on any atom is -0.379 e. The van der Waals surface area contributed by atoms with E-state index in [1.54, 1.807) is 0 Å². The first-order chi connectivity index (χ1) is 9.50. The third-order valence-electron chi connectivity index (χ3n) is 3.77. The normalized spacial score (nSPS) is 19.1. The summed E-state index contributed by atoms with van der Waals surface area (Å²) in [5.74, 6) is 0.221. The van der Waals surface area contributed by atoms with Gasteiger partial charge in [0.05, 0.1) is 17.1 Å². The molecule has 0 heterocycles. The lowest BCUT2D eigenvalue weighted by Crippen LogP contribution is -2.22. The number of hydrogen-bond acceptors (Lipinski definition) is 3. The SMILES string of the molecule is CC(C)OCCCS(=O)(=O)[C@@H]1CCCc2ccccc21. The molecule has 0 aliphatic heterocycles. The Labute approximate surface area is 122 Å². The van der Waals surface area contributed by atoms with Crippen molar-refractivity contribution in [2.24, 2.45) is 0 Å². The molecule has 3 nitrogen and oxygen atoms in total. The van der Waals surface area contributed by atoms with Crippen LogP contribution in [0.2, 0.25) is 0 Å². The van der Waals surface area contributed by atoms with E-state index >= 15 is 0 Å². The van der Waals surface area contributed by atoms with Crippen LogP contribution in [0.3, 0.4) is 0 Å². The largest absolute Gasteiger partial charge is 0.379 e. The van der Waals surface area contributed by atoms with Gasteiger partial charge in [0.15, 0.2) is 9.84 Å². The molecule has 0 spiro atoms. The van der Waals surface area contributed by atoms with Gasteiger partial charge in [-0.15, -0.1) is 0 Å². The van der Waals surface area contributed by atoms with Gasteiger partial charge in [0.1, 0.15) is 0 Å². The zero-order valence-electron chi connectivity index (χ0n) is 12.3. The van der Waals surface area contributed by atoms with E-state index in [2.05, 4.69) is 6.07 Å². The van der Waals surface area contributed by atoms with Crippen molar-refractivity contribution in [3.05, 3.63) is 35.4 Å². The fourth-order valence-electron chi connectivity index (χ4n) is 2.80. The summed E-state index contributed by atoms with van der Waals surface area (Å²) in [4.78, 5) is 0. The monoisotopic (exact) mass is 296 g/mol. The molecule has 0 saturated heterocycles. The highest BCUT2D eigenvalue weighted by Gasteiger charge is 2.30. The lowest BCUT2D eigenvalue weighted by molar-refractivity contribution is 0.0797. The lowest BCUT2D eigenvalue weighted by atomic mass is 9.91. The first kappa shape index (κ1) is 15.5. The fourth-order valence-corrected chi connectivity index (χ4v) is 4.75. The average Bonchev–Trinajstić information content (AvgIpc) is 2.43. The second-order valence-electron chi connectivity index (χ2n) is 5.72. The van der Waals surface area contributed by atoms with Gasteiger partial charge in [-0.1, -0.05) is 24.3 Å². The average molecular weight is 296 g/mol. The summed E-state index contributed by atoms with van der Waals surface area (Å²) >= 11 is 0. The first-order valence-electron chi connectivity index (χ1n) is 7.41. The molecule has 112 valence electrons. The third kappa shape index (κ3) is 3.83. The molecule has 0 bridgehead atoms.